The van der Waals surface area contributed by atoms with Gasteiger partial charge in [-0.15, -0.1) is 0 Å². The molecule has 1 amide bonds. The molecule has 0 spiro atoms. The summed E-state index contributed by atoms with van der Waals surface area (Å²) in [5.74, 6) is 0.485. The van der Waals surface area contributed by atoms with Gasteiger partial charge in [0.05, 0.1) is 0 Å². The quantitative estimate of drug-likeness (QED) is 0.787. The molecule has 1 aromatic rings. The van der Waals surface area contributed by atoms with Crippen LogP contribution in [0.15, 0.2) is 18.2 Å². The Morgan fingerprint density at radius 2 is 1.75 bits per heavy atom. The van der Waals surface area contributed by atoms with Crippen LogP contribution in [0.25, 0.3) is 0 Å². The predicted octanol–water partition coefficient (Wildman–Crippen LogP) is 1.70. The van der Waals surface area contributed by atoms with E-state index in [4.69, 9.17) is 0 Å². The van der Waals surface area contributed by atoms with Gasteiger partial charge in [0, 0.05) is 43.5 Å². The van der Waals surface area contributed by atoms with Crippen LogP contribution >= 0.6 is 0 Å². The van der Waals surface area contributed by atoms with Crippen molar-refractivity contribution >= 4 is 11.6 Å². The topological polar surface area (TPSA) is 56.4 Å². The Morgan fingerprint density at radius 3 is 2.42 bits per heavy atom. The summed E-state index contributed by atoms with van der Waals surface area (Å²) >= 11 is 0. The SMILES string of the molecule is CC(C)c1cc(C(=O)NC2CCNCC2)cc(N2CCNCC2)c1. The van der Waals surface area contributed by atoms with Gasteiger partial charge >= 0.3 is 0 Å². The van der Waals surface area contributed by atoms with Crippen molar-refractivity contribution in [3.05, 3.63) is 29.3 Å². The van der Waals surface area contributed by atoms with Gasteiger partial charge in [-0.3, -0.25) is 4.79 Å². The molecule has 5 heteroatoms. The molecule has 2 aliphatic rings. The van der Waals surface area contributed by atoms with Crippen LogP contribution in [0, 0.1) is 0 Å². The van der Waals surface area contributed by atoms with E-state index in [9.17, 15) is 4.79 Å². The molecule has 2 heterocycles. The second-order valence-corrected chi connectivity index (χ2v) is 7.20. The number of hydrogen-bond donors (Lipinski definition) is 3. The number of carbonyl (C=O) groups excluding carboxylic acids is 1. The molecule has 0 bridgehead atoms. The number of nitrogens with zero attached hydrogens (tertiary/aromatic N) is 1. The molecule has 0 unspecified atom stereocenters. The summed E-state index contributed by atoms with van der Waals surface area (Å²) in [7, 11) is 0. The van der Waals surface area contributed by atoms with Crippen molar-refractivity contribution < 1.29 is 4.79 Å². The van der Waals surface area contributed by atoms with Crippen LogP contribution in [-0.4, -0.2) is 51.2 Å². The Kier molecular flexibility index (Phi) is 5.74. The fourth-order valence-electron chi connectivity index (χ4n) is 3.44. The minimum Gasteiger partial charge on any atom is -0.369 e. The Hall–Kier alpha value is -1.59. The molecule has 2 aliphatic heterocycles. The second kappa shape index (κ2) is 7.99. The molecule has 5 nitrogen and oxygen atoms in total. The highest BCUT2D eigenvalue weighted by molar-refractivity contribution is 5.95. The number of rotatable bonds is 4. The molecule has 0 atom stereocenters. The summed E-state index contributed by atoms with van der Waals surface area (Å²) in [6.45, 7) is 10.3. The van der Waals surface area contributed by atoms with E-state index in [1.54, 1.807) is 0 Å². The second-order valence-electron chi connectivity index (χ2n) is 7.20. The number of nitrogens with one attached hydrogen (secondary N) is 3. The van der Waals surface area contributed by atoms with E-state index in [0.29, 0.717) is 12.0 Å². The van der Waals surface area contributed by atoms with E-state index in [-0.39, 0.29) is 5.91 Å². The Morgan fingerprint density at radius 1 is 1.08 bits per heavy atom. The van der Waals surface area contributed by atoms with Crippen molar-refractivity contribution in [3.63, 3.8) is 0 Å². The summed E-state index contributed by atoms with van der Waals surface area (Å²) in [6, 6.07) is 6.67. The van der Waals surface area contributed by atoms with Gasteiger partial charge in [-0.2, -0.15) is 0 Å². The molecule has 0 saturated carbocycles. The highest BCUT2D eigenvalue weighted by Crippen LogP contribution is 2.25. The van der Waals surface area contributed by atoms with E-state index in [0.717, 1.165) is 57.7 Å². The Labute approximate surface area is 145 Å². The van der Waals surface area contributed by atoms with E-state index >= 15 is 0 Å². The van der Waals surface area contributed by atoms with Gasteiger partial charge in [0.1, 0.15) is 0 Å². The third-order valence-electron chi connectivity index (χ3n) is 5.03. The number of amides is 1. The maximum atomic E-state index is 12.8. The van der Waals surface area contributed by atoms with E-state index in [1.807, 2.05) is 0 Å². The average molecular weight is 330 g/mol. The number of anilines is 1. The van der Waals surface area contributed by atoms with Crippen LogP contribution in [-0.2, 0) is 0 Å². The first-order chi connectivity index (χ1) is 11.6. The molecular weight excluding hydrogens is 300 g/mol. The van der Waals surface area contributed by atoms with E-state index in [1.165, 1.54) is 11.3 Å². The molecule has 24 heavy (non-hydrogen) atoms. The van der Waals surface area contributed by atoms with Crippen LogP contribution in [0.3, 0.4) is 0 Å². The first-order valence-electron chi connectivity index (χ1n) is 9.25. The van der Waals surface area contributed by atoms with E-state index in [2.05, 4.69) is 52.9 Å². The minimum atomic E-state index is 0.0702. The van der Waals surface area contributed by atoms with E-state index < -0.39 is 0 Å². The highest BCUT2D eigenvalue weighted by Gasteiger charge is 2.19. The lowest BCUT2D eigenvalue weighted by molar-refractivity contribution is 0.0929. The van der Waals surface area contributed by atoms with Gasteiger partial charge < -0.3 is 20.9 Å². The maximum Gasteiger partial charge on any atom is 0.251 e. The predicted molar refractivity (Wildman–Crippen MR) is 99.0 cm³/mol. The third kappa shape index (κ3) is 4.28. The van der Waals surface area contributed by atoms with Gasteiger partial charge in [0.2, 0.25) is 0 Å². The van der Waals surface area contributed by atoms with Gasteiger partial charge in [0.15, 0.2) is 0 Å². The standard InChI is InChI=1S/C19H30N4O/c1-14(2)15-11-16(19(24)22-17-3-5-20-6-4-17)13-18(12-15)23-9-7-21-8-10-23/h11-14,17,20-21H,3-10H2,1-2H3,(H,22,24). The lowest BCUT2D eigenvalue weighted by Crippen LogP contribution is -2.44. The molecule has 3 rings (SSSR count). The van der Waals surface area contributed by atoms with Gasteiger partial charge in [-0.1, -0.05) is 13.8 Å². The molecule has 132 valence electrons. The zero-order valence-electron chi connectivity index (χ0n) is 14.9. The van der Waals surface area contributed by atoms with Gasteiger partial charge in [-0.25, -0.2) is 0 Å². The number of hydrogen-bond acceptors (Lipinski definition) is 4. The number of benzene rings is 1. The smallest absolute Gasteiger partial charge is 0.251 e. The van der Waals surface area contributed by atoms with Gasteiger partial charge in [0.25, 0.3) is 5.91 Å². The van der Waals surface area contributed by atoms with Crippen LogP contribution in [0.1, 0.15) is 48.5 Å². The maximum absolute atomic E-state index is 12.8. The Balaban J connectivity index is 1.79. The summed E-state index contributed by atoms with van der Waals surface area (Å²) < 4.78 is 0. The zero-order valence-corrected chi connectivity index (χ0v) is 14.9. The molecule has 1 aromatic carbocycles. The molecular formula is C19H30N4O. The van der Waals surface area contributed by atoms with Crippen molar-refractivity contribution in [3.8, 4) is 0 Å². The van der Waals surface area contributed by atoms with Crippen LogP contribution in [0.5, 0.6) is 0 Å². The molecule has 2 saturated heterocycles. The summed E-state index contributed by atoms with van der Waals surface area (Å²) in [5, 5.41) is 9.95. The lowest BCUT2D eigenvalue weighted by atomic mass is 9.98. The molecule has 0 radical (unpaired) electrons. The summed E-state index contributed by atoms with van der Waals surface area (Å²) in [4.78, 5) is 15.1. The minimum absolute atomic E-state index is 0.0702. The summed E-state index contributed by atoms with van der Waals surface area (Å²) in [5.41, 5.74) is 3.22. The molecule has 0 aromatic heterocycles. The van der Waals surface area contributed by atoms with Crippen LogP contribution in [0.2, 0.25) is 0 Å². The Bertz CT molecular complexity index is 560. The lowest BCUT2D eigenvalue weighted by Gasteiger charge is -2.30. The molecule has 0 aliphatic carbocycles. The largest absolute Gasteiger partial charge is 0.369 e. The summed E-state index contributed by atoms with van der Waals surface area (Å²) in [6.07, 6.45) is 2.03. The molecule has 3 N–H and O–H groups in total. The number of carbonyl (C=O) groups is 1. The van der Waals surface area contributed by atoms with Crippen molar-refractivity contribution in [2.45, 2.75) is 38.6 Å². The monoisotopic (exact) mass is 330 g/mol. The van der Waals surface area contributed by atoms with Crippen molar-refractivity contribution in [2.24, 2.45) is 0 Å². The van der Waals surface area contributed by atoms with Crippen molar-refractivity contribution in [2.75, 3.05) is 44.2 Å². The first kappa shape index (κ1) is 17.2. The highest BCUT2D eigenvalue weighted by atomic mass is 16.1. The van der Waals surface area contributed by atoms with Crippen molar-refractivity contribution in [1.82, 2.24) is 16.0 Å². The van der Waals surface area contributed by atoms with Crippen LogP contribution < -0.4 is 20.9 Å². The third-order valence-corrected chi connectivity index (χ3v) is 5.03. The molecule has 2 fully saturated rings. The normalized spacial score (nSPS) is 19.5. The van der Waals surface area contributed by atoms with Crippen LogP contribution in [0.4, 0.5) is 5.69 Å². The first-order valence-corrected chi connectivity index (χ1v) is 9.25. The van der Waals surface area contributed by atoms with Gasteiger partial charge in [-0.05, 0) is 55.6 Å². The number of piperidine rings is 1. The van der Waals surface area contributed by atoms with Crippen molar-refractivity contribution in [1.29, 1.82) is 0 Å². The number of piperazine rings is 1. The zero-order chi connectivity index (χ0) is 16.9. The fraction of sp³-hybridized carbons (Fsp3) is 0.632. The fourth-order valence-corrected chi connectivity index (χ4v) is 3.44. The average Bonchev–Trinajstić information content (AvgIpc) is 2.63.